The molecule has 3 aliphatic rings. The first-order chi connectivity index (χ1) is 12.1. The van der Waals surface area contributed by atoms with E-state index in [1.165, 1.54) is 17.7 Å². The number of fused-ring (bicyclic) bond motifs is 2. The van der Waals surface area contributed by atoms with Crippen molar-refractivity contribution in [3.8, 4) is 0 Å². The molecule has 134 valence electrons. The van der Waals surface area contributed by atoms with Gasteiger partial charge in [0.15, 0.2) is 0 Å². The van der Waals surface area contributed by atoms with Crippen LogP contribution in [0.1, 0.15) is 44.6 Å². The van der Waals surface area contributed by atoms with Gasteiger partial charge in [0.2, 0.25) is 0 Å². The quantitative estimate of drug-likeness (QED) is 0.711. The third-order valence-electron chi connectivity index (χ3n) is 5.77. The second kappa shape index (κ2) is 6.45. The summed E-state index contributed by atoms with van der Waals surface area (Å²) in [6.45, 7) is 3.80. The number of rotatable bonds is 1. The fourth-order valence-electron chi connectivity index (χ4n) is 4.31. The number of carbonyl (C=O) groups is 1. The molecule has 0 bridgehead atoms. The molecule has 1 fully saturated rings. The van der Waals surface area contributed by atoms with Crippen LogP contribution in [-0.4, -0.2) is 32.0 Å². The molecule has 25 heavy (non-hydrogen) atoms. The summed E-state index contributed by atoms with van der Waals surface area (Å²) in [5, 5.41) is 0. The summed E-state index contributed by atoms with van der Waals surface area (Å²) < 4.78 is 24.8. The van der Waals surface area contributed by atoms with Crippen LogP contribution in [0.5, 0.6) is 0 Å². The Morgan fingerprint density at radius 3 is 3.08 bits per heavy atom. The molecule has 2 aliphatic heterocycles. The Morgan fingerprint density at radius 2 is 2.28 bits per heavy atom. The number of benzene rings is 1. The maximum Gasteiger partial charge on any atom is 0.414 e. The topological polar surface area (TPSA) is 38.8 Å². The molecule has 1 saturated heterocycles. The Kier molecular flexibility index (Phi) is 4.28. The van der Waals surface area contributed by atoms with E-state index in [-0.39, 0.29) is 23.4 Å². The highest BCUT2D eigenvalue weighted by Crippen LogP contribution is 2.48. The lowest BCUT2D eigenvalue weighted by Crippen LogP contribution is -2.38. The number of ether oxygens (including phenoxy) is 2. The lowest BCUT2D eigenvalue weighted by molar-refractivity contribution is 0.0877. The maximum atomic E-state index is 13.9. The minimum atomic E-state index is -0.381. The van der Waals surface area contributed by atoms with E-state index in [1.54, 1.807) is 4.90 Å². The molecule has 1 spiro atoms. The number of hydrogen-bond acceptors (Lipinski definition) is 3. The van der Waals surface area contributed by atoms with Gasteiger partial charge in [-0.3, -0.25) is 4.90 Å². The van der Waals surface area contributed by atoms with Crippen molar-refractivity contribution in [2.75, 3.05) is 24.7 Å². The molecular formula is C20H24FNO3. The summed E-state index contributed by atoms with van der Waals surface area (Å²) in [4.78, 5) is 14.4. The average molecular weight is 345 g/mol. The summed E-state index contributed by atoms with van der Waals surface area (Å²) in [6, 6.07) is 4.84. The molecule has 2 unspecified atom stereocenters. The van der Waals surface area contributed by atoms with Gasteiger partial charge in [-0.05, 0) is 50.3 Å². The Morgan fingerprint density at radius 1 is 1.40 bits per heavy atom. The fraction of sp³-hybridized carbons (Fsp3) is 0.550. The lowest BCUT2D eigenvalue weighted by atomic mass is 9.75. The highest BCUT2D eigenvalue weighted by atomic mass is 19.1. The maximum absolute atomic E-state index is 13.9. The average Bonchev–Trinajstić information content (AvgIpc) is 3.14. The molecule has 0 N–H and O–H groups in total. The van der Waals surface area contributed by atoms with Crippen molar-refractivity contribution in [3.05, 3.63) is 41.2 Å². The normalized spacial score (nSPS) is 28.6. The number of carbonyl (C=O) groups excluding carboxylic acids is 1. The highest BCUT2D eigenvalue weighted by molar-refractivity contribution is 5.91. The van der Waals surface area contributed by atoms with E-state index in [0.717, 1.165) is 37.7 Å². The van der Waals surface area contributed by atoms with Crippen molar-refractivity contribution >= 4 is 11.8 Å². The Labute approximate surface area is 147 Å². The van der Waals surface area contributed by atoms with Crippen molar-refractivity contribution in [3.63, 3.8) is 0 Å². The van der Waals surface area contributed by atoms with Crippen LogP contribution < -0.4 is 4.90 Å². The van der Waals surface area contributed by atoms with Gasteiger partial charge in [-0.2, -0.15) is 0 Å². The molecule has 4 rings (SSSR count). The van der Waals surface area contributed by atoms with Gasteiger partial charge in [-0.15, -0.1) is 0 Å². The zero-order valence-corrected chi connectivity index (χ0v) is 14.6. The van der Waals surface area contributed by atoms with Crippen LogP contribution in [0.2, 0.25) is 0 Å². The third-order valence-corrected chi connectivity index (χ3v) is 5.77. The predicted molar refractivity (Wildman–Crippen MR) is 93.4 cm³/mol. The SMILES string of the molecule is CC1=CCCC2(CC1)CN(C(=O)OC1CCOC1)c1cc(F)ccc12. The van der Waals surface area contributed by atoms with Crippen molar-refractivity contribution in [2.45, 2.75) is 50.5 Å². The second-order valence-corrected chi connectivity index (χ2v) is 7.49. The zero-order valence-electron chi connectivity index (χ0n) is 14.6. The molecule has 1 aliphatic carbocycles. The number of hydrogen-bond donors (Lipinski definition) is 0. The number of amides is 1. The van der Waals surface area contributed by atoms with Gasteiger partial charge in [0.1, 0.15) is 11.9 Å². The Hall–Kier alpha value is -1.88. The van der Waals surface area contributed by atoms with Gasteiger partial charge in [0, 0.05) is 18.4 Å². The fourth-order valence-corrected chi connectivity index (χ4v) is 4.31. The first-order valence-electron chi connectivity index (χ1n) is 9.09. The number of halogens is 1. The summed E-state index contributed by atoms with van der Waals surface area (Å²) in [5.74, 6) is -0.319. The van der Waals surface area contributed by atoms with Crippen LogP contribution in [0.15, 0.2) is 29.8 Å². The predicted octanol–water partition coefficient (Wildman–Crippen LogP) is 4.33. The van der Waals surface area contributed by atoms with Gasteiger partial charge < -0.3 is 9.47 Å². The van der Waals surface area contributed by atoms with Crippen molar-refractivity contribution < 1.29 is 18.7 Å². The number of nitrogens with zero attached hydrogens (tertiary/aromatic N) is 1. The van der Waals surface area contributed by atoms with E-state index >= 15 is 0 Å². The van der Waals surface area contributed by atoms with Gasteiger partial charge in [0.25, 0.3) is 0 Å². The molecule has 5 heteroatoms. The van der Waals surface area contributed by atoms with Crippen LogP contribution in [0.3, 0.4) is 0 Å². The van der Waals surface area contributed by atoms with E-state index in [9.17, 15) is 9.18 Å². The summed E-state index contributed by atoms with van der Waals surface area (Å²) in [6.07, 6.45) is 6.38. The van der Waals surface area contributed by atoms with Gasteiger partial charge in [0.05, 0.1) is 18.9 Å². The molecule has 4 nitrogen and oxygen atoms in total. The summed E-state index contributed by atoms with van der Waals surface area (Å²) >= 11 is 0. The van der Waals surface area contributed by atoms with Gasteiger partial charge in [-0.1, -0.05) is 17.7 Å². The monoisotopic (exact) mass is 345 g/mol. The Bertz CT molecular complexity index is 711. The van der Waals surface area contributed by atoms with E-state index in [4.69, 9.17) is 9.47 Å². The second-order valence-electron chi connectivity index (χ2n) is 7.49. The van der Waals surface area contributed by atoms with Crippen molar-refractivity contribution in [2.24, 2.45) is 0 Å². The van der Waals surface area contributed by atoms with Gasteiger partial charge in [-0.25, -0.2) is 9.18 Å². The summed E-state index contributed by atoms with van der Waals surface area (Å²) in [5.41, 5.74) is 3.03. The minimum absolute atomic E-state index is 0.109. The molecular weight excluding hydrogens is 321 g/mol. The molecule has 1 aromatic rings. The standard InChI is InChI=1S/C20H24FNO3/c1-14-3-2-8-20(9-6-14)13-22(18-11-15(21)4-5-17(18)20)19(23)25-16-7-10-24-12-16/h3-5,11,16H,2,6-10,12-13H2,1H3. The summed E-state index contributed by atoms with van der Waals surface area (Å²) in [7, 11) is 0. The van der Waals surface area contributed by atoms with Crippen molar-refractivity contribution in [1.29, 1.82) is 0 Å². The minimum Gasteiger partial charge on any atom is -0.443 e. The smallest absolute Gasteiger partial charge is 0.414 e. The van der Waals surface area contributed by atoms with Crippen LogP contribution in [-0.2, 0) is 14.9 Å². The molecule has 0 aromatic heterocycles. The van der Waals surface area contributed by atoms with Crippen LogP contribution in [0, 0.1) is 5.82 Å². The van der Waals surface area contributed by atoms with E-state index in [0.29, 0.717) is 25.4 Å². The van der Waals surface area contributed by atoms with E-state index in [1.807, 2.05) is 6.07 Å². The highest BCUT2D eigenvalue weighted by Gasteiger charge is 2.45. The first-order valence-corrected chi connectivity index (χ1v) is 9.09. The van der Waals surface area contributed by atoms with Crippen LogP contribution >= 0.6 is 0 Å². The van der Waals surface area contributed by atoms with Crippen molar-refractivity contribution in [1.82, 2.24) is 0 Å². The Balaban J connectivity index is 1.63. The number of allylic oxidation sites excluding steroid dienone is 2. The molecule has 2 atom stereocenters. The molecule has 1 amide bonds. The molecule has 0 radical (unpaired) electrons. The van der Waals surface area contributed by atoms with E-state index < -0.39 is 0 Å². The number of anilines is 1. The van der Waals surface area contributed by atoms with E-state index in [2.05, 4.69) is 13.0 Å². The largest absolute Gasteiger partial charge is 0.443 e. The van der Waals surface area contributed by atoms with Gasteiger partial charge >= 0.3 is 6.09 Å². The molecule has 0 saturated carbocycles. The van der Waals surface area contributed by atoms with Crippen LogP contribution in [0.25, 0.3) is 0 Å². The zero-order chi connectivity index (χ0) is 17.4. The molecule has 1 aromatic carbocycles. The van der Waals surface area contributed by atoms with Crippen LogP contribution in [0.4, 0.5) is 14.9 Å². The lowest BCUT2D eigenvalue weighted by Gasteiger charge is -2.29. The first kappa shape index (κ1) is 16.6. The molecule has 2 heterocycles. The third kappa shape index (κ3) is 3.06.